The number of rotatable bonds is 1. The summed E-state index contributed by atoms with van der Waals surface area (Å²) in [5.41, 5.74) is 3.88. The molecule has 4 aromatic rings. The zero-order valence-corrected chi connectivity index (χ0v) is 14.9. The topological polar surface area (TPSA) is 104 Å². The Bertz CT molecular complexity index is 1330. The third-order valence-electron chi connectivity index (χ3n) is 4.90. The van der Waals surface area contributed by atoms with Crippen LogP contribution in [0.4, 0.5) is 0 Å². The van der Waals surface area contributed by atoms with Crippen LogP contribution in [-0.4, -0.2) is 24.6 Å². The van der Waals surface area contributed by atoms with Crippen molar-refractivity contribution in [2.45, 2.75) is 27.7 Å². The lowest BCUT2D eigenvalue weighted by Crippen LogP contribution is -2.22. The number of aromatic amines is 2. The van der Waals surface area contributed by atoms with E-state index in [1.807, 2.05) is 26.8 Å². The molecule has 0 aliphatic carbocycles. The monoisotopic (exact) mass is 350 g/mol. The van der Waals surface area contributed by atoms with Crippen molar-refractivity contribution in [2.24, 2.45) is 0 Å². The van der Waals surface area contributed by atoms with Crippen LogP contribution in [0.3, 0.4) is 0 Å². The molecule has 0 saturated carbocycles. The molecule has 4 rings (SSSR count). The van der Waals surface area contributed by atoms with E-state index in [1.54, 1.807) is 23.6 Å². The van der Waals surface area contributed by atoms with Gasteiger partial charge in [0, 0.05) is 16.6 Å². The van der Waals surface area contributed by atoms with Crippen molar-refractivity contribution in [1.29, 1.82) is 0 Å². The maximum absolute atomic E-state index is 12.5. The highest BCUT2D eigenvalue weighted by molar-refractivity contribution is 6.06. The molecular weight excluding hydrogens is 332 g/mol. The van der Waals surface area contributed by atoms with Gasteiger partial charge < -0.3 is 5.11 Å². The second-order valence-electron chi connectivity index (χ2n) is 6.60. The molecule has 3 heterocycles. The molecule has 0 aliphatic heterocycles. The van der Waals surface area contributed by atoms with Crippen molar-refractivity contribution >= 4 is 22.1 Å². The Morgan fingerprint density at radius 3 is 2.50 bits per heavy atom. The number of nitrogens with zero attached hydrogens (tertiary/aromatic N) is 2. The van der Waals surface area contributed by atoms with Crippen molar-refractivity contribution in [3.63, 3.8) is 0 Å². The highest BCUT2D eigenvalue weighted by Crippen LogP contribution is 2.34. The highest BCUT2D eigenvalue weighted by atomic mass is 16.3. The van der Waals surface area contributed by atoms with Gasteiger partial charge in [-0.25, -0.2) is 9.78 Å². The van der Waals surface area contributed by atoms with Crippen LogP contribution in [0.5, 0.6) is 5.75 Å². The third kappa shape index (κ3) is 2.10. The predicted octanol–water partition coefficient (Wildman–Crippen LogP) is 2.49. The number of pyridine rings is 1. The van der Waals surface area contributed by atoms with Gasteiger partial charge in [0.05, 0.1) is 11.1 Å². The van der Waals surface area contributed by atoms with E-state index in [4.69, 9.17) is 0 Å². The fourth-order valence-electron chi connectivity index (χ4n) is 3.43. The smallest absolute Gasteiger partial charge is 0.327 e. The minimum atomic E-state index is -0.588. The number of hydrogen-bond donors (Lipinski definition) is 3. The molecule has 132 valence electrons. The zero-order chi connectivity index (χ0) is 18.7. The lowest BCUT2D eigenvalue weighted by atomic mass is 10.1. The van der Waals surface area contributed by atoms with Crippen LogP contribution >= 0.6 is 0 Å². The predicted molar refractivity (Wildman–Crippen MR) is 100 cm³/mol. The van der Waals surface area contributed by atoms with E-state index in [0.717, 1.165) is 16.8 Å². The first kappa shape index (κ1) is 16.1. The number of phenols is 1. The molecule has 3 aromatic heterocycles. The molecule has 26 heavy (non-hydrogen) atoms. The number of fused-ring (bicyclic) bond motifs is 3. The molecule has 7 heteroatoms. The molecule has 0 aliphatic rings. The van der Waals surface area contributed by atoms with E-state index in [-0.39, 0.29) is 5.75 Å². The summed E-state index contributed by atoms with van der Waals surface area (Å²) in [5.74, 6) is 0.136. The van der Waals surface area contributed by atoms with Crippen molar-refractivity contribution in [3.05, 3.63) is 61.4 Å². The second-order valence-corrected chi connectivity index (χ2v) is 6.60. The van der Waals surface area contributed by atoms with Gasteiger partial charge in [-0.3, -0.25) is 19.3 Å². The van der Waals surface area contributed by atoms with Crippen LogP contribution in [0.25, 0.3) is 27.8 Å². The molecule has 0 radical (unpaired) electrons. The Morgan fingerprint density at radius 1 is 1.04 bits per heavy atom. The molecule has 0 saturated heterocycles. The van der Waals surface area contributed by atoms with Gasteiger partial charge >= 0.3 is 5.69 Å². The third-order valence-corrected chi connectivity index (χ3v) is 4.90. The van der Waals surface area contributed by atoms with Gasteiger partial charge in [-0.05, 0) is 51.0 Å². The molecule has 0 amide bonds. The molecule has 7 nitrogen and oxygen atoms in total. The van der Waals surface area contributed by atoms with Crippen molar-refractivity contribution in [2.75, 3.05) is 0 Å². The minimum absolute atomic E-state index is 0.136. The Hall–Kier alpha value is -3.35. The number of nitrogens with one attached hydrogen (secondary N) is 2. The van der Waals surface area contributed by atoms with E-state index in [1.165, 1.54) is 0 Å². The molecule has 3 N–H and O–H groups in total. The maximum atomic E-state index is 12.5. The highest BCUT2D eigenvalue weighted by Gasteiger charge is 2.21. The summed E-state index contributed by atoms with van der Waals surface area (Å²) in [6.45, 7) is 7.52. The number of aryl methyl sites for hydroxylation is 3. The first-order chi connectivity index (χ1) is 12.3. The number of benzene rings is 1. The van der Waals surface area contributed by atoms with Gasteiger partial charge in [0.15, 0.2) is 0 Å². The summed E-state index contributed by atoms with van der Waals surface area (Å²) in [4.78, 5) is 34.2. The van der Waals surface area contributed by atoms with Crippen LogP contribution in [0.15, 0.2) is 27.8 Å². The van der Waals surface area contributed by atoms with Gasteiger partial charge in [0.25, 0.3) is 5.56 Å². The van der Waals surface area contributed by atoms with Crippen LogP contribution in [0.1, 0.15) is 22.4 Å². The van der Waals surface area contributed by atoms with Crippen LogP contribution in [0, 0.1) is 27.7 Å². The SMILES string of the molecule is Cc1cc2c3c(=O)[nH]c(=O)[nH]c3n(-c3c(C)ccc(O)c3C)c2nc1C. The Kier molecular flexibility index (Phi) is 3.30. The van der Waals surface area contributed by atoms with Crippen LogP contribution in [0.2, 0.25) is 0 Å². The summed E-state index contributed by atoms with van der Waals surface area (Å²) in [7, 11) is 0. The summed E-state index contributed by atoms with van der Waals surface area (Å²) in [5, 5.41) is 11.2. The summed E-state index contributed by atoms with van der Waals surface area (Å²) in [6, 6.07) is 5.32. The van der Waals surface area contributed by atoms with Crippen LogP contribution in [-0.2, 0) is 0 Å². The first-order valence-corrected chi connectivity index (χ1v) is 8.24. The molecular formula is C19H18N4O3. The van der Waals surface area contributed by atoms with Gasteiger partial charge in [-0.15, -0.1) is 0 Å². The lowest BCUT2D eigenvalue weighted by Gasteiger charge is -2.14. The fraction of sp³-hybridized carbons (Fsp3) is 0.211. The summed E-state index contributed by atoms with van der Waals surface area (Å²) >= 11 is 0. The molecule has 0 atom stereocenters. The van der Waals surface area contributed by atoms with Crippen LogP contribution < -0.4 is 11.2 Å². The number of hydrogen-bond acceptors (Lipinski definition) is 4. The number of aromatic nitrogens is 4. The Morgan fingerprint density at radius 2 is 1.77 bits per heavy atom. The molecule has 0 bridgehead atoms. The number of aromatic hydroxyl groups is 1. The minimum Gasteiger partial charge on any atom is -0.508 e. The van der Waals surface area contributed by atoms with Crippen molar-refractivity contribution in [3.8, 4) is 11.4 Å². The first-order valence-electron chi connectivity index (χ1n) is 8.24. The number of H-pyrrole nitrogens is 2. The quantitative estimate of drug-likeness (QED) is 0.490. The maximum Gasteiger partial charge on any atom is 0.327 e. The Labute approximate surface area is 148 Å². The standard InChI is InChI=1S/C19H18N4O3/c1-8-5-6-13(24)10(3)15(8)23-16-12(7-9(2)11(4)20-16)14-17(23)21-19(26)22-18(14)25/h5-7,24H,1-4H3,(H2,21,22,25,26). The summed E-state index contributed by atoms with van der Waals surface area (Å²) in [6.07, 6.45) is 0. The van der Waals surface area contributed by atoms with Crippen molar-refractivity contribution < 1.29 is 5.11 Å². The number of phenolic OH excluding ortho intramolecular Hbond substituents is 1. The van der Waals surface area contributed by atoms with E-state index in [0.29, 0.717) is 33.3 Å². The van der Waals surface area contributed by atoms with Gasteiger partial charge in [0.1, 0.15) is 17.0 Å². The van der Waals surface area contributed by atoms with E-state index in [2.05, 4.69) is 15.0 Å². The fourth-order valence-corrected chi connectivity index (χ4v) is 3.43. The molecule has 0 spiro atoms. The molecule has 0 fully saturated rings. The van der Waals surface area contributed by atoms with Crippen molar-refractivity contribution in [1.82, 2.24) is 19.5 Å². The molecule has 0 unspecified atom stereocenters. The average Bonchev–Trinajstić information content (AvgIpc) is 2.86. The van der Waals surface area contributed by atoms with Gasteiger partial charge in [-0.2, -0.15) is 0 Å². The van der Waals surface area contributed by atoms with E-state index >= 15 is 0 Å². The molecule has 1 aromatic carbocycles. The summed E-state index contributed by atoms with van der Waals surface area (Å²) < 4.78 is 1.75. The van der Waals surface area contributed by atoms with Gasteiger partial charge in [0.2, 0.25) is 0 Å². The Balaban J connectivity index is 2.36. The zero-order valence-electron chi connectivity index (χ0n) is 14.9. The average molecular weight is 350 g/mol. The largest absolute Gasteiger partial charge is 0.508 e. The van der Waals surface area contributed by atoms with Gasteiger partial charge in [-0.1, -0.05) is 6.07 Å². The second kappa shape index (κ2) is 5.32. The van der Waals surface area contributed by atoms with E-state index < -0.39 is 11.2 Å². The normalized spacial score (nSPS) is 11.5. The lowest BCUT2D eigenvalue weighted by molar-refractivity contribution is 0.470. The van der Waals surface area contributed by atoms with E-state index in [9.17, 15) is 14.7 Å².